The molecule has 0 bridgehead atoms. The van der Waals surface area contributed by atoms with Gasteiger partial charge in [0.2, 0.25) is 0 Å². The summed E-state index contributed by atoms with van der Waals surface area (Å²) in [5.41, 5.74) is 11.1. The number of hydrogen-bond donors (Lipinski definition) is 3. The number of carbonyl (C=O) groups excluding carboxylic acids is 3. The summed E-state index contributed by atoms with van der Waals surface area (Å²) < 4.78 is 5.28. The summed E-state index contributed by atoms with van der Waals surface area (Å²) in [6.45, 7) is 3.59. The predicted molar refractivity (Wildman–Crippen MR) is 94.5 cm³/mol. The van der Waals surface area contributed by atoms with Crippen molar-refractivity contribution >= 4 is 29.1 Å². The Morgan fingerprint density at radius 2 is 1.92 bits per heavy atom. The lowest BCUT2D eigenvalue weighted by Crippen LogP contribution is -2.43. The summed E-state index contributed by atoms with van der Waals surface area (Å²) in [4.78, 5) is 36.8. The van der Waals surface area contributed by atoms with Crippen LogP contribution in [0, 0.1) is 6.92 Å². The Kier molecular flexibility index (Phi) is 6.13. The number of nitrogens with one attached hydrogen (secondary N) is 2. The highest BCUT2D eigenvalue weighted by molar-refractivity contribution is 7.14. The van der Waals surface area contributed by atoms with Crippen molar-refractivity contribution in [2.24, 2.45) is 5.73 Å². The standard InChI is InChI=1S/C17H19N3O4S/c1-3-13-10(2)8-14(25-13)17(23)20-19-15(21)9-24-12-7-5-4-6-11(12)16(18)22/h4-8H,3,9H2,1-2H3,(H2,18,22)(H,19,21)(H,20,23). The lowest BCUT2D eigenvalue weighted by molar-refractivity contribution is -0.123. The number of thiophene rings is 1. The Balaban J connectivity index is 1.86. The highest BCUT2D eigenvalue weighted by Crippen LogP contribution is 2.22. The number of hydrogen-bond acceptors (Lipinski definition) is 5. The summed E-state index contributed by atoms with van der Waals surface area (Å²) in [6.07, 6.45) is 0.850. The second-order valence-electron chi connectivity index (χ2n) is 5.22. The summed E-state index contributed by atoms with van der Waals surface area (Å²) in [7, 11) is 0. The van der Waals surface area contributed by atoms with Gasteiger partial charge < -0.3 is 10.5 Å². The second-order valence-corrected chi connectivity index (χ2v) is 6.36. The van der Waals surface area contributed by atoms with Crippen LogP contribution in [0.3, 0.4) is 0 Å². The molecule has 8 heteroatoms. The molecule has 0 aliphatic rings. The third kappa shape index (κ3) is 4.80. The number of primary amides is 1. The van der Waals surface area contributed by atoms with E-state index in [1.54, 1.807) is 18.2 Å². The molecule has 0 aliphatic heterocycles. The molecule has 0 spiro atoms. The zero-order chi connectivity index (χ0) is 18.4. The third-order valence-electron chi connectivity index (χ3n) is 3.39. The smallest absolute Gasteiger partial charge is 0.279 e. The zero-order valence-corrected chi connectivity index (χ0v) is 14.7. The molecule has 1 heterocycles. The zero-order valence-electron chi connectivity index (χ0n) is 13.9. The second kappa shape index (κ2) is 8.29. The molecule has 7 nitrogen and oxygen atoms in total. The van der Waals surface area contributed by atoms with E-state index in [2.05, 4.69) is 10.9 Å². The Morgan fingerprint density at radius 1 is 1.20 bits per heavy atom. The number of aryl methyl sites for hydroxylation is 2. The quantitative estimate of drug-likeness (QED) is 0.678. The van der Waals surface area contributed by atoms with Crippen LogP contribution < -0.4 is 21.3 Å². The van der Waals surface area contributed by atoms with E-state index in [1.807, 2.05) is 13.8 Å². The van der Waals surface area contributed by atoms with Gasteiger partial charge in [-0.2, -0.15) is 0 Å². The van der Waals surface area contributed by atoms with Crippen molar-refractivity contribution in [1.82, 2.24) is 10.9 Å². The lowest BCUT2D eigenvalue weighted by atomic mass is 10.2. The normalized spacial score (nSPS) is 10.2. The van der Waals surface area contributed by atoms with E-state index in [9.17, 15) is 14.4 Å². The van der Waals surface area contributed by atoms with Crippen LogP contribution in [0.15, 0.2) is 30.3 Å². The fourth-order valence-corrected chi connectivity index (χ4v) is 3.16. The van der Waals surface area contributed by atoms with Gasteiger partial charge in [0.25, 0.3) is 17.7 Å². The molecule has 3 amide bonds. The first-order valence-electron chi connectivity index (χ1n) is 7.62. The first kappa shape index (κ1) is 18.5. The van der Waals surface area contributed by atoms with Crippen molar-refractivity contribution in [3.63, 3.8) is 0 Å². The summed E-state index contributed by atoms with van der Waals surface area (Å²) >= 11 is 1.39. The first-order valence-corrected chi connectivity index (χ1v) is 8.44. The minimum Gasteiger partial charge on any atom is -0.483 e. The van der Waals surface area contributed by atoms with Crippen molar-refractivity contribution in [2.45, 2.75) is 20.3 Å². The molecule has 0 saturated heterocycles. The topological polar surface area (TPSA) is 111 Å². The maximum Gasteiger partial charge on any atom is 0.279 e. The molecule has 0 aliphatic carbocycles. The molecule has 0 unspecified atom stereocenters. The number of ether oxygens (including phenoxy) is 1. The van der Waals surface area contributed by atoms with Crippen LogP contribution in [0.1, 0.15) is 37.4 Å². The number of carbonyl (C=O) groups is 3. The van der Waals surface area contributed by atoms with Crippen molar-refractivity contribution in [1.29, 1.82) is 0 Å². The Morgan fingerprint density at radius 3 is 2.56 bits per heavy atom. The van der Waals surface area contributed by atoms with E-state index in [-0.39, 0.29) is 17.9 Å². The van der Waals surface area contributed by atoms with Gasteiger partial charge in [0.15, 0.2) is 6.61 Å². The number of benzene rings is 1. The van der Waals surface area contributed by atoms with Crippen LogP contribution in [0.25, 0.3) is 0 Å². The van der Waals surface area contributed by atoms with Gasteiger partial charge in [-0.15, -0.1) is 11.3 Å². The largest absolute Gasteiger partial charge is 0.483 e. The number of amides is 3. The highest BCUT2D eigenvalue weighted by Gasteiger charge is 2.14. The third-order valence-corrected chi connectivity index (χ3v) is 4.77. The van der Waals surface area contributed by atoms with Gasteiger partial charge in [0, 0.05) is 4.88 Å². The van der Waals surface area contributed by atoms with Crippen LogP contribution in [0.2, 0.25) is 0 Å². The van der Waals surface area contributed by atoms with Crippen molar-refractivity contribution < 1.29 is 19.1 Å². The van der Waals surface area contributed by atoms with E-state index < -0.39 is 17.7 Å². The molecule has 2 aromatic rings. The number of nitrogens with two attached hydrogens (primary N) is 1. The van der Waals surface area contributed by atoms with E-state index in [4.69, 9.17) is 10.5 Å². The number of hydrazine groups is 1. The predicted octanol–water partition coefficient (Wildman–Crippen LogP) is 1.56. The molecule has 25 heavy (non-hydrogen) atoms. The van der Waals surface area contributed by atoms with Crippen molar-refractivity contribution in [3.8, 4) is 5.75 Å². The average molecular weight is 361 g/mol. The van der Waals surface area contributed by atoms with E-state index in [0.717, 1.165) is 16.9 Å². The van der Waals surface area contributed by atoms with Gasteiger partial charge in [0.05, 0.1) is 10.4 Å². The van der Waals surface area contributed by atoms with Gasteiger partial charge >= 0.3 is 0 Å². The van der Waals surface area contributed by atoms with Crippen molar-refractivity contribution in [2.75, 3.05) is 6.61 Å². The van der Waals surface area contributed by atoms with E-state index in [1.165, 1.54) is 23.5 Å². The molecule has 0 fully saturated rings. The van der Waals surface area contributed by atoms with Gasteiger partial charge in [-0.1, -0.05) is 19.1 Å². The number of rotatable bonds is 6. The molecule has 2 rings (SSSR count). The Labute approximate surface area is 149 Å². The summed E-state index contributed by atoms with van der Waals surface area (Å²) in [6, 6.07) is 8.12. The monoisotopic (exact) mass is 361 g/mol. The van der Waals surface area contributed by atoms with Crippen LogP contribution in [-0.4, -0.2) is 24.3 Å². The van der Waals surface area contributed by atoms with Crippen LogP contribution in [0.5, 0.6) is 5.75 Å². The van der Waals surface area contributed by atoms with Gasteiger partial charge in [-0.25, -0.2) is 0 Å². The molecular weight excluding hydrogens is 342 g/mol. The number of para-hydroxylation sites is 1. The minimum atomic E-state index is -0.649. The van der Waals surface area contributed by atoms with Crippen molar-refractivity contribution in [3.05, 3.63) is 51.2 Å². The Bertz CT molecular complexity index is 801. The van der Waals surface area contributed by atoms with Gasteiger partial charge in [0.1, 0.15) is 5.75 Å². The van der Waals surface area contributed by atoms with Crippen LogP contribution >= 0.6 is 11.3 Å². The lowest BCUT2D eigenvalue weighted by Gasteiger charge is -2.10. The average Bonchev–Trinajstić information content (AvgIpc) is 2.99. The molecule has 0 saturated carbocycles. The minimum absolute atomic E-state index is 0.181. The van der Waals surface area contributed by atoms with Gasteiger partial charge in [-0.3, -0.25) is 25.2 Å². The summed E-state index contributed by atoms with van der Waals surface area (Å²) in [5.74, 6) is -1.39. The van der Waals surface area contributed by atoms with Crippen LogP contribution in [-0.2, 0) is 11.2 Å². The fraction of sp³-hybridized carbons (Fsp3) is 0.235. The molecule has 1 aromatic heterocycles. The van der Waals surface area contributed by atoms with E-state index in [0.29, 0.717) is 4.88 Å². The Hall–Kier alpha value is -2.87. The molecule has 132 valence electrons. The maximum absolute atomic E-state index is 12.0. The SMILES string of the molecule is CCc1sc(C(=O)NNC(=O)COc2ccccc2C(N)=O)cc1C. The molecule has 1 aromatic carbocycles. The molecule has 4 N–H and O–H groups in total. The van der Waals surface area contributed by atoms with Gasteiger partial charge in [-0.05, 0) is 37.1 Å². The molecule has 0 atom stereocenters. The highest BCUT2D eigenvalue weighted by atomic mass is 32.1. The molecule has 0 radical (unpaired) electrons. The maximum atomic E-state index is 12.0. The first-order chi connectivity index (χ1) is 11.9. The van der Waals surface area contributed by atoms with E-state index >= 15 is 0 Å². The van der Waals surface area contributed by atoms with Crippen LogP contribution in [0.4, 0.5) is 0 Å². The molecular formula is C17H19N3O4S. The fourth-order valence-electron chi connectivity index (χ4n) is 2.15. The summed E-state index contributed by atoms with van der Waals surface area (Å²) in [5, 5.41) is 0.